The summed E-state index contributed by atoms with van der Waals surface area (Å²) in [6.45, 7) is 0.588. The maximum absolute atomic E-state index is 14.3. The third kappa shape index (κ3) is 3.37. The Kier molecular flexibility index (Phi) is 4.51. The number of benzene rings is 2. The lowest BCUT2D eigenvalue weighted by Crippen LogP contribution is -2.05. The molecule has 0 spiro atoms. The van der Waals surface area contributed by atoms with Gasteiger partial charge >= 0.3 is 0 Å². The predicted octanol–water partition coefficient (Wildman–Crippen LogP) is 5.02. The minimum atomic E-state index is -0.268. The molecule has 0 aliphatic rings. The van der Waals surface area contributed by atoms with Crippen LogP contribution in [0, 0.1) is 5.82 Å². The van der Waals surface area contributed by atoms with E-state index < -0.39 is 0 Å². The van der Waals surface area contributed by atoms with E-state index in [0.717, 1.165) is 61.0 Å². The molecular formula is C25H20FN7. The summed E-state index contributed by atoms with van der Waals surface area (Å²) in [5.41, 5.74) is 8.08. The van der Waals surface area contributed by atoms with E-state index in [1.807, 2.05) is 31.4 Å². The summed E-state index contributed by atoms with van der Waals surface area (Å²) in [6, 6.07) is 13.3. The average molecular weight is 437 g/mol. The van der Waals surface area contributed by atoms with Crippen molar-refractivity contribution >= 4 is 21.8 Å². The van der Waals surface area contributed by atoms with Crippen molar-refractivity contribution in [2.24, 2.45) is 0 Å². The first-order valence-corrected chi connectivity index (χ1v) is 10.6. The molecule has 2 aromatic carbocycles. The van der Waals surface area contributed by atoms with E-state index in [1.54, 1.807) is 30.7 Å². The highest BCUT2D eigenvalue weighted by molar-refractivity contribution is 6.01. The summed E-state index contributed by atoms with van der Waals surface area (Å²) in [6.07, 6.45) is 7.21. The third-order valence-corrected chi connectivity index (χ3v) is 5.84. The molecule has 33 heavy (non-hydrogen) atoms. The number of hydrogen-bond donors (Lipinski definition) is 4. The number of halogens is 1. The molecule has 0 fully saturated rings. The smallest absolute Gasteiger partial charge is 0.124 e. The molecule has 162 valence electrons. The zero-order valence-corrected chi connectivity index (χ0v) is 17.8. The molecule has 6 aromatic rings. The van der Waals surface area contributed by atoms with Crippen molar-refractivity contribution in [1.29, 1.82) is 0 Å². The topological polar surface area (TPSA) is 98.1 Å². The van der Waals surface area contributed by atoms with E-state index >= 15 is 0 Å². The normalized spacial score (nSPS) is 11.6. The molecule has 0 radical (unpaired) electrons. The molecule has 0 unspecified atom stereocenters. The summed E-state index contributed by atoms with van der Waals surface area (Å²) in [4.78, 5) is 7.83. The van der Waals surface area contributed by atoms with E-state index in [1.165, 1.54) is 0 Å². The van der Waals surface area contributed by atoms with E-state index in [4.69, 9.17) is 0 Å². The molecule has 4 aromatic heterocycles. The van der Waals surface area contributed by atoms with E-state index in [-0.39, 0.29) is 5.82 Å². The summed E-state index contributed by atoms with van der Waals surface area (Å²) in [5, 5.41) is 19.6. The average Bonchev–Trinajstić information content (AvgIpc) is 3.57. The first kappa shape index (κ1) is 19.4. The van der Waals surface area contributed by atoms with Crippen LogP contribution in [0.25, 0.3) is 55.4 Å². The van der Waals surface area contributed by atoms with Gasteiger partial charge in [-0.25, -0.2) is 4.39 Å². The fraction of sp³-hybridized carbons (Fsp3) is 0.0800. The number of fused-ring (bicyclic) bond motifs is 2. The summed E-state index contributed by atoms with van der Waals surface area (Å²) in [7, 11) is 1.84. The molecule has 4 N–H and O–H groups in total. The molecule has 7 nitrogen and oxygen atoms in total. The van der Waals surface area contributed by atoms with Crippen molar-refractivity contribution in [2.45, 2.75) is 6.54 Å². The minimum Gasteiger partial charge on any atom is -0.352 e. The van der Waals surface area contributed by atoms with E-state index in [9.17, 15) is 4.39 Å². The second-order valence-corrected chi connectivity index (χ2v) is 8.03. The monoisotopic (exact) mass is 437 g/mol. The first-order valence-electron chi connectivity index (χ1n) is 10.6. The lowest BCUT2D eigenvalue weighted by Gasteiger charge is -2.07. The summed E-state index contributed by atoms with van der Waals surface area (Å²) < 4.78 is 14.3. The van der Waals surface area contributed by atoms with Crippen LogP contribution in [0.15, 0.2) is 67.3 Å². The predicted molar refractivity (Wildman–Crippen MR) is 127 cm³/mol. The highest BCUT2D eigenvalue weighted by Gasteiger charge is 2.15. The zero-order chi connectivity index (χ0) is 22.4. The Morgan fingerprint density at radius 1 is 0.909 bits per heavy atom. The van der Waals surface area contributed by atoms with Crippen LogP contribution in [0.2, 0.25) is 0 Å². The van der Waals surface area contributed by atoms with Crippen LogP contribution in [-0.2, 0) is 6.54 Å². The van der Waals surface area contributed by atoms with E-state index in [0.29, 0.717) is 6.54 Å². The Bertz CT molecular complexity index is 1590. The fourth-order valence-corrected chi connectivity index (χ4v) is 4.33. The van der Waals surface area contributed by atoms with Crippen LogP contribution in [-0.4, -0.2) is 37.4 Å². The number of hydrogen-bond acceptors (Lipinski definition) is 4. The molecule has 0 bridgehead atoms. The number of nitrogens with zero attached hydrogens (tertiary/aromatic N) is 3. The maximum atomic E-state index is 14.3. The van der Waals surface area contributed by atoms with Crippen molar-refractivity contribution in [3.05, 3.63) is 78.6 Å². The van der Waals surface area contributed by atoms with Gasteiger partial charge < -0.3 is 10.3 Å². The van der Waals surface area contributed by atoms with Gasteiger partial charge in [0.25, 0.3) is 0 Å². The lowest BCUT2D eigenvalue weighted by atomic mass is 10.0. The number of nitrogens with one attached hydrogen (secondary N) is 4. The molecular weight excluding hydrogens is 417 g/mol. The molecule has 0 saturated heterocycles. The minimum absolute atomic E-state index is 0.268. The highest BCUT2D eigenvalue weighted by atomic mass is 19.1. The van der Waals surface area contributed by atoms with Gasteiger partial charge in [0, 0.05) is 40.8 Å². The van der Waals surface area contributed by atoms with Crippen molar-refractivity contribution in [3.63, 3.8) is 0 Å². The van der Waals surface area contributed by atoms with Crippen molar-refractivity contribution in [3.8, 4) is 33.6 Å². The second-order valence-electron chi connectivity index (χ2n) is 8.03. The molecule has 8 heteroatoms. The largest absolute Gasteiger partial charge is 0.352 e. The standard InChI is InChI=1S/C25H20FN7/c1-27-9-14-4-16(6-18(26)5-14)21-12-28-13-24-19(21)8-23(31-24)25-20-7-15(17-10-29-30-11-17)2-3-22(20)32-33-25/h2-8,10-13,27,31H,9H2,1H3,(H,29,30)(H,32,33). The molecule has 4 heterocycles. The molecule has 0 amide bonds. The van der Waals surface area contributed by atoms with Crippen LogP contribution in [0.1, 0.15) is 5.56 Å². The Balaban J connectivity index is 1.49. The molecule has 0 aliphatic carbocycles. The lowest BCUT2D eigenvalue weighted by molar-refractivity contribution is 0.624. The quantitative estimate of drug-likeness (QED) is 0.304. The van der Waals surface area contributed by atoms with Crippen LogP contribution >= 0.6 is 0 Å². The fourth-order valence-electron chi connectivity index (χ4n) is 4.33. The number of pyridine rings is 1. The van der Waals surface area contributed by atoms with Crippen molar-refractivity contribution in [1.82, 2.24) is 35.7 Å². The van der Waals surface area contributed by atoms with Crippen molar-refractivity contribution in [2.75, 3.05) is 7.05 Å². The van der Waals surface area contributed by atoms with Gasteiger partial charge in [0.2, 0.25) is 0 Å². The molecule has 6 rings (SSSR count). The second kappa shape index (κ2) is 7.68. The Hall–Kier alpha value is -4.30. The summed E-state index contributed by atoms with van der Waals surface area (Å²) >= 11 is 0. The van der Waals surface area contributed by atoms with Crippen molar-refractivity contribution < 1.29 is 4.39 Å². The van der Waals surface area contributed by atoms with Crippen LogP contribution < -0.4 is 5.32 Å². The van der Waals surface area contributed by atoms with Gasteiger partial charge in [0.1, 0.15) is 11.5 Å². The highest BCUT2D eigenvalue weighted by Crippen LogP contribution is 2.35. The van der Waals surface area contributed by atoms with Crippen LogP contribution in [0.5, 0.6) is 0 Å². The van der Waals surface area contributed by atoms with Crippen LogP contribution in [0.3, 0.4) is 0 Å². The van der Waals surface area contributed by atoms with Gasteiger partial charge in [-0.05, 0) is 60.1 Å². The van der Waals surface area contributed by atoms with E-state index in [2.05, 4.69) is 47.8 Å². The maximum Gasteiger partial charge on any atom is 0.124 e. The van der Waals surface area contributed by atoms with Gasteiger partial charge in [-0.3, -0.25) is 15.2 Å². The SMILES string of the molecule is CNCc1cc(F)cc(-c2cncc3[nH]c(-c4n[nH]c5ccc(-c6cn[nH]c6)cc45)cc23)c1. The Morgan fingerprint density at radius 2 is 1.85 bits per heavy atom. The van der Waals surface area contributed by atoms with Gasteiger partial charge in [0.05, 0.1) is 29.1 Å². The number of H-pyrrole nitrogens is 3. The molecule has 0 atom stereocenters. The summed E-state index contributed by atoms with van der Waals surface area (Å²) in [5.74, 6) is -0.268. The Labute approximate surface area is 188 Å². The van der Waals surface area contributed by atoms with Crippen LogP contribution in [0.4, 0.5) is 4.39 Å². The number of aromatic nitrogens is 6. The van der Waals surface area contributed by atoms with Gasteiger partial charge in [0.15, 0.2) is 0 Å². The van der Waals surface area contributed by atoms with Gasteiger partial charge in [-0.2, -0.15) is 10.2 Å². The zero-order valence-electron chi connectivity index (χ0n) is 17.8. The molecule has 0 aliphatic heterocycles. The third-order valence-electron chi connectivity index (χ3n) is 5.84. The Morgan fingerprint density at radius 3 is 2.70 bits per heavy atom. The number of rotatable bonds is 5. The first-order chi connectivity index (χ1) is 16.2. The van der Waals surface area contributed by atoms with Gasteiger partial charge in [-0.1, -0.05) is 6.07 Å². The van der Waals surface area contributed by atoms with Gasteiger partial charge in [-0.15, -0.1) is 0 Å². The molecule has 0 saturated carbocycles. The number of aromatic amines is 3.